The molecule has 0 saturated heterocycles. The van der Waals surface area contributed by atoms with Crippen LogP contribution < -0.4 is 0 Å². The maximum Gasteiger partial charge on any atom is 0 e. The molecule has 0 aliphatic heterocycles. The minimum Gasteiger partial charge on any atom is -0.668 e. The molecule has 0 aromatic rings. The van der Waals surface area contributed by atoms with E-state index >= 15 is 0 Å². The van der Waals surface area contributed by atoms with Crippen LogP contribution in [-0.4, -0.2) is 70.5 Å². The smallest absolute Gasteiger partial charge is 0 e. The van der Waals surface area contributed by atoms with Crippen LogP contribution in [0.15, 0.2) is 0 Å². The maximum absolute atomic E-state index is 3.50. The van der Waals surface area contributed by atoms with Gasteiger partial charge in [-0.05, 0) is 0 Å². The Morgan fingerprint density at radius 1 is 0.312 bits per heavy atom. The van der Waals surface area contributed by atoms with Crippen molar-refractivity contribution in [2.75, 3.05) is 70.5 Å². The van der Waals surface area contributed by atoms with Gasteiger partial charge in [-0.2, -0.15) is 70.5 Å². The maximum atomic E-state index is 3.50. The number of hydrogen-bond acceptors (Lipinski definition) is 0. The Balaban J connectivity index is -0.0000000192. The van der Waals surface area contributed by atoms with Crippen molar-refractivity contribution in [3.63, 3.8) is 0 Å². The Labute approximate surface area is 119 Å². The molecule has 6 heteroatoms. The van der Waals surface area contributed by atoms with Gasteiger partial charge in [0.15, 0.2) is 0 Å². The monoisotopic (exact) mass is 268 g/mol. The molecule has 0 atom stereocenters. The summed E-state index contributed by atoms with van der Waals surface area (Å²) in [5.41, 5.74) is 0. The van der Waals surface area contributed by atoms with Crippen LogP contribution >= 0.6 is 0 Å². The summed E-state index contributed by atoms with van der Waals surface area (Å²) < 4.78 is 0. The Kier molecular flexibility index (Phi) is 242. The van der Waals surface area contributed by atoms with Gasteiger partial charge in [-0.3, -0.25) is 0 Å². The minimum atomic E-state index is 0. The molecule has 0 amide bonds. The van der Waals surface area contributed by atoms with Crippen molar-refractivity contribution in [1.29, 1.82) is 0 Å². The summed E-state index contributed by atoms with van der Waals surface area (Å²) in [7, 11) is 17.5. The Morgan fingerprint density at radius 2 is 0.312 bits per heavy atom. The van der Waals surface area contributed by atoms with Crippen molar-refractivity contribution in [2.24, 2.45) is 0 Å². The van der Waals surface area contributed by atoms with Crippen molar-refractivity contribution in [1.82, 2.24) is 0 Å². The molecule has 0 aliphatic carbocycles. The van der Waals surface area contributed by atoms with Crippen LogP contribution in [0.2, 0.25) is 0 Å². The Bertz CT molecular complexity index is 30.8. The van der Waals surface area contributed by atoms with Gasteiger partial charge in [0.25, 0.3) is 0 Å². The van der Waals surface area contributed by atoms with Gasteiger partial charge in [0.05, 0.1) is 0 Å². The molecule has 0 rings (SSSR count). The molecule has 0 radical (unpaired) electrons. The van der Waals surface area contributed by atoms with E-state index in [9.17, 15) is 0 Å². The predicted octanol–water partition coefficient (Wildman–Crippen LogP) is 3.10. The molecule has 0 saturated carbocycles. The first-order chi connectivity index (χ1) is 7.07. The molecule has 5 nitrogen and oxygen atoms in total. The largest absolute Gasteiger partial charge is 0.668 e. The fourth-order valence-corrected chi connectivity index (χ4v) is 0. The van der Waals surface area contributed by atoms with E-state index < -0.39 is 0 Å². The average molecular weight is 268 g/mol. The van der Waals surface area contributed by atoms with Crippen molar-refractivity contribution < 1.29 is 21.7 Å². The quantitative estimate of drug-likeness (QED) is 0.606. The molecule has 0 heterocycles. The second-order valence-electron chi connectivity index (χ2n) is 2.24. The van der Waals surface area contributed by atoms with Gasteiger partial charge >= 0.3 is 0 Å². The second-order valence-corrected chi connectivity index (χ2v) is 2.24. The molecule has 0 unspecified atom stereocenters. The third-order valence-electron chi connectivity index (χ3n) is 0. The molecular formula is C10H30N5Ti-5. The zero-order valence-corrected chi connectivity index (χ0v) is 14.3. The van der Waals surface area contributed by atoms with E-state index in [1.54, 1.807) is 70.5 Å². The summed E-state index contributed by atoms with van der Waals surface area (Å²) in [4.78, 5) is 0. The normalized spacial score (nSPS) is 5.62. The Morgan fingerprint density at radius 3 is 0.312 bits per heavy atom. The van der Waals surface area contributed by atoms with Gasteiger partial charge in [0.2, 0.25) is 0 Å². The molecular weight excluding hydrogens is 238 g/mol. The van der Waals surface area contributed by atoms with E-state index in [0.717, 1.165) is 0 Å². The van der Waals surface area contributed by atoms with E-state index in [-0.39, 0.29) is 21.7 Å². The number of nitrogens with zero attached hydrogens (tertiary/aromatic N) is 5. The zero-order chi connectivity index (χ0) is 13.5. The molecule has 16 heavy (non-hydrogen) atoms. The SMILES string of the molecule is C[N-]C.C[N-]C.C[N-]C.C[N-]C.C[N-]C.[Ti]. The zero-order valence-electron chi connectivity index (χ0n) is 12.7. The summed E-state index contributed by atoms with van der Waals surface area (Å²) in [6, 6.07) is 0. The summed E-state index contributed by atoms with van der Waals surface area (Å²) in [5.74, 6) is 0. The van der Waals surface area contributed by atoms with Crippen molar-refractivity contribution >= 4 is 0 Å². The number of rotatable bonds is 0. The summed E-state index contributed by atoms with van der Waals surface area (Å²) in [6.07, 6.45) is 0. The van der Waals surface area contributed by atoms with Gasteiger partial charge in [-0.1, -0.05) is 0 Å². The fourth-order valence-electron chi connectivity index (χ4n) is 0. The van der Waals surface area contributed by atoms with E-state index in [1.165, 1.54) is 0 Å². The van der Waals surface area contributed by atoms with Crippen molar-refractivity contribution in [3.05, 3.63) is 26.6 Å². The first-order valence-electron chi connectivity index (χ1n) is 4.47. The summed E-state index contributed by atoms with van der Waals surface area (Å²) in [5, 5.41) is 17.5. The van der Waals surface area contributed by atoms with Gasteiger partial charge in [0, 0.05) is 21.7 Å². The summed E-state index contributed by atoms with van der Waals surface area (Å²) in [6.45, 7) is 0. The van der Waals surface area contributed by atoms with Crippen LogP contribution in [0.25, 0.3) is 26.6 Å². The Hall–Kier alpha value is 0.514. The first-order valence-corrected chi connectivity index (χ1v) is 4.47. The molecule has 0 aliphatic rings. The standard InChI is InChI=1S/5C2H6N.Ti/c5*1-3-2;/h5*1-2H3;/q5*-1;. The van der Waals surface area contributed by atoms with E-state index in [2.05, 4.69) is 26.6 Å². The van der Waals surface area contributed by atoms with Crippen LogP contribution in [0, 0.1) is 0 Å². The van der Waals surface area contributed by atoms with Crippen LogP contribution in [0.4, 0.5) is 0 Å². The molecule has 0 aromatic carbocycles. The third-order valence-corrected chi connectivity index (χ3v) is 0. The van der Waals surface area contributed by atoms with Crippen LogP contribution in [0.3, 0.4) is 0 Å². The van der Waals surface area contributed by atoms with Crippen LogP contribution in [0.1, 0.15) is 0 Å². The second kappa shape index (κ2) is 107. The molecule has 0 fully saturated rings. The first kappa shape index (κ1) is 36.0. The van der Waals surface area contributed by atoms with Gasteiger partial charge in [-0.15, -0.1) is 0 Å². The number of hydrogen-bond donors (Lipinski definition) is 0. The van der Waals surface area contributed by atoms with Crippen molar-refractivity contribution in [2.45, 2.75) is 0 Å². The van der Waals surface area contributed by atoms with E-state index in [4.69, 9.17) is 0 Å². The topological polar surface area (TPSA) is 70.5 Å². The van der Waals surface area contributed by atoms with Crippen LogP contribution in [0.5, 0.6) is 0 Å². The van der Waals surface area contributed by atoms with Crippen molar-refractivity contribution in [3.8, 4) is 0 Å². The fraction of sp³-hybridized carbons (Fsp3) is 1.00. The molecule has 0 N–H and O–H groups in total. The molecule has 0 spiro atoms. The molecule has 104 valence electrons. The predicted molar refractivity (Wildman–Crippen MR) is 76.0 cm³/mol. The van der Waals surface area contributed by atoms with Gasteiger partial charge in [-0.25, -0.2) is 0 Å². The minimum absolute atomic E-state index is 0. The molecule has 0 bridgehead atoms. The third kappa shape index (κ3) is 10000. The summed E-state index contributed by atoms with van der Waals surface area (Å²) >= 11 is 0. The van der Waals surface area contributed by atoms with Gasteiger partial charge < -0.3 is 26.6 Å². The van der Waals surface area contributed by atoms with E-state index in [1.807, 2.05) is 0 Å². The molecule has 0 aromatic heterocycles. The van der Waals surface area contributed by atoms with Crippen LogP contribution in [-0.2, 0) is 21.7 Å². The van der Waals surface area contributed by atoms with Gasteiger partial charge in [0.1, 0.15) is 0 Å². The van der Waals surface area contributed by atoms with E-state index in [0.29, 0.717) is 0 Å². The average Bonchev–Trinajstić information content (AvgIpc) is 2.09.